The van der Waals surface area contributed by atoms with Crippen molar-refractivity contribution in [1.82, 2.24) is 4.98 Å². The highest BCUT2D eigenvalue weighted by molar-refractivity contribution is 9.10. The highest BCUT2D eigenvalue weighted by atomic mass is 79.9. The molecule has 0 saturated heterocycles. The van der Waals surface area contributed by atoms with Gasteiger partial charge in [-0.15, -0.1) is 0 Å². The molecule has 2 N–H and O–H groups in total. The van der Waals surface area contributed by atoms with Gasteiger partial charge in [0, 0.05) is 9.86 Å². The van der Waals surface area contributed by atoms with Gasteiger partial charge in [-0.3, -0.25) is 4.98 Å². The number of aromatic nitrogens is 1. The van der Waals surface area contributed by atoms with Crippen LogP contribution in [0.25, 0.3) is 10.9 Å². The first-order chi connectivity index (χ1) is 6.68. The Morgan fingerprint density at radius 2 is 1.93 bits per heavy atom. The Morgan fingerprint density at radius 1 is 1.21 bits per heavy atom. The minimum atomic E-state index is -1.55. The molecule has 0 aliphatic rings. The first-order valence-electron chi connectivity index (χ1n) is 4.10. The van der Waals surface area contributed by atoms with E-state index in [9.17, 15) is 0 Å². The topological polar surface area (TPSA) is 53.4 Å². The molecule has 70 valence electrons. The summed E-state index contributed by atoms with van der Waals surface area (Å²) in [5.41, 5.74) is 0.988. The molecule has 1 aromatic carbocycles. The van der Waals surface area contributed by atoms with Crippen LogP contribution in [0, 0.1) is 0 Å². The predicted molar refractivity (Wildman–Crippen MR) is 59.3 cm³/mol. The summed E-state index contributed by atoms with van der Waals surface area (Å²) in [6.45, 7) is 0. The highest BCUT2D eigenvalue weighted by Crippen LogP contribution is 2.15. The van der Waals surface area contributed by atoms with Gasteiger partial charge in [-0.2, -0.15) is 0 Å². The third-order valence-electron chi connectivity index (χ3n) is 1.95. The monoisotopic (exact) mass is 251 g/mol. The average Bonchev–Trinajstić information content (AvgIpc) is 2.16. The number of para-hydroxylation sites is 1. The number of fused-ring (bicyclic) bond motifs is 1. The fraction of sp³-hybridized carbons (Fsp3) is 0. The van der Waals surface area contributed by atoms with Gasteiger partial charge in [0.2, 0.25) is 0 Å². The molecular weight excluding hydrogens is 245 g/mol. The van der Waals surface area contributed by atoms with Gasteiger partial charge >= 0.3 is 7.12 Å². The molecule has 0 aliphatic heterocycles. The van der Waals surface area contributed by atoms with Crippen molar-refractivity contribution in [3.63, 3.8) is 0 Å². The van der Waals surface area contributed by atoms with Crippen molar-refractivity contribution >= 4 is 39.5 Å². The summed E-state index contributed by atoms with van der Waals surface area (Å²) >= 11 is 3.24. The first-order valence-corrected chi connectivity index (χ1v) is 4.89. The standard InChI is InChI=1S/C9H7BBrNO2/c11-7-5-6-3-1-2-4-8(6)12-9(7)10(13)14/h1-5,13-14H. The van der Waals surface area contributed by atoms with Crippen molar-refractivity contribution in [3.05, 3.63) is 34.8 Å². The molecule has 0 aliphatic carbocycles. The number of hydrogen-bond acceptors (Lipinski definition) is 3. The lowest BCUT2D eigenvalue weighted by Crippen LogP contribution is -2.33. The molecule has 0 fully saturated rings. The molecule has 2 rings (SSSR count). The Hall–Kier alpha value is -0.905. The molecule has 0 radical (unpaired) electrons. The van der Waals surface area contributed by atoms with Crippen LogP contribution in [-0.4, -0.2) is 22.2 Å². The predicted octanol–water partition coefficient (Wildman–Crippen LogP) is 0.677. The van der Waals surface area contributed by atoms with Crippen LogP contribution < -0.4 is 5.59 Å². The van der Waals surface area contributed by atoms with E-state index in [-0.39, 0.29) is 5.59 Å². The van der Waals surface area contributed by atoms with Crippen LogP contribution in [0.4, 0.5) is 0 Å². The number of halogens is 1. The van der Waals surface area contributed by atoms with E-state index in [2.05, 4.69) is 20.9 Å². The van der Waals surface area contributed by atoms with Crippen LogP contribution in [0.2, 0.25) is 0 Å². The second kappa shape index (κ2) is 3.69. The van der Waals surface area contributed by atoms with Crippen LogP contribution in [-0.2, 0) is 0 Å². The molecule has 1 heterocycles. The molecule has 14 heavy (non-hydrogen) atoms. The second-order valence-electron chi connectivity index (χ2n) is 2.92. The highest BCUT2D eigenvalue weighted by Gasteiger charge is 2.17. The first kappa shape index (κ1) is 9.64. The van der Waals surface area contributed by atoms with Gasteiger partial charge in [0.1, 0.15) is 0 Å². The molecule has 3 nitrogen and oxygen atoms in total. The summed E-state index contributed by atoms with van der Waals surface area (Å²) in [5.74, 6) is 0. The molecule has 0 amide bonds. The summed E-state index contributed by atoms with van der Waals surface area (Å²) in [7, 11) is -1.55. The fourth-order valence-electron chi connectivity index (χ4n) is 1.29. The summed E-state index contributed by atoms with van der Waals surface area (Å²) in [5, 5.41) is 19.0. The summed E-state index contributed by atoms with van der Waals surface area (Å²) in [6, 6.07) is 9.33. The van der Waals surface area contributed by atoms with Crippen LogP contribution in [0.5, 0.6) is 0 Å². The SMILES string of the molecule is OB(O)c1nc2ccccc2cc1Br. The van der Waals surface area contributed by atoms with Crippen LogP contribution in [0.15, 0.2) is 34.8 Å². The number of rotatable bonds is 1. The van der Waals surface area contributed by atoms with Gasteiger partial charge in [-0.05, 0) is 28.1 Å². The van der Waals surface area contributed by atoms with Gasteiger partial charge < -0.3 is 10.0 Å². The van der Waals surface area contributed by atoms with Gasteiger partial charge in [0.05, 0.1) is 11.1 Å². The Kier molecular flexibility index (Phi) is 2.54. The molecule has 2 aromatic rings. The smallest absolute Gasteiger partial charge is 0.422 e. The lowest BCUT2D eigenvalue weighted by atomic mass is 9.85. The lowest BCUT2D eigenvalue weighted by molar-refractivity contribution is 0.424. The minimum Gasteiger partial charge on any atom is -0.422 e. The largest absolute Gasteiger partial charge is 0.509 e. The maximum absolute atomic E-state index is 9.03. The number of nitrogens with zero attached hydrogens (tertiary/aromatic N) is 1. The van der Waals surface area contributed by atoms with Gasteiger partial charge in [0.25, 0.3) is 0 Å². The molecule has 0 spiro atoms. The molecule has 0 atom stereocenters. The number of hydrogen-bond donors (Lipinski definition) is 2. The maximum Gasteiger partial charge on any atom is 0.509 e. The Labute approximate surface area is 89.7 Å². The lowest BCUT2D eigenvalue weighted by Gasteiger charge is -2.04. The Bertz CT molecular complexity index is 475. The van der Waals surface area contributed by atoms with E-state index in [1.54, 1.807) is 0 Å². The molecule has 0 saturated carbocycles. The third-order valence-corrected chi connectivity index (χ3v) is 2.58. The third kappa shape index (κ3) is 1.66. The summed E-state index contributed by atoms with van der Waals surface area (Å²) in [6.07, 6.45) is 0. The maximum atomic E-state index is 9.03. The molecule has 0 unspecified atom stereocenters. The van der Waals surface area contributed by atoms with Crippen LogP contribution in [0.3, 0.4) is 0 Å². The summed E-state index contributed by atoms with van der Waals surface area (Å²) < 4.78 is 0.603. The second-order valence-corrected chi connectivity index (χ2v) is 3.78. The van der Waals surface area contributed by atoms with Crippen LogP contribution >= 0.6 is 15.9 Å². The van der Waals surface area contributed by atoms with E-state index < -0.39 is 7.12 Å². The fourth-order valence-corrected chi connectivity index (χ4v) is 1.83. The van der Waals surface area contributed by atoms with E-state index >= 15 is 0 Å². The van der Waals surface area contributed by atoms with Crippen molar-refractivity contribution in [2.45, 2.75) is 0 Å². The molecule has 1 aromatic heterocycles. The van der Waals surface area contributed by atoms with E-state index in [0.717, 1.165) is 10.9 Å². The normalized spacial score (nSPS) is 10.5. The zero-order chi connectivity index (χ0) is 10.1. The van der Waals surface area contributed by atoms with Crippen molar-refractivity contribution in [3.8, 4) is 0 Å². The van der Waals surface area contributed by atoms with Crippen molar-refractivity contribution in [2.24, 2.45) is 0 Å². The summed E-state index contributed by atoms with van der Waals surface area (Å²) in [4.78, 5) is 4.13. The van der Waals surface area contributed by atoms with Crippen molar-refractivity contribution < 1.29 is 10.0 Å². The van der Waals surface area contributed by atoms with Crippen molar-refractivity contribution in [1.29, 1.82) is 0 Å². The average molecular weight is 252 g/mol. The van der Waals surface area contributed by atoms with E-state index in [0.29, 0.717) is 4.47 Å². The Morgan fingerprint density at radius 3 is 2.64 bits per heavy atom. The zero-order valence-electron chi connectivity index (χ0n) is 7.18. The van der Waals surface area contributed by atoms with E-state index in [1.165, 1.54) is 0 Å². The van der Waals surface area contributed by atoms with Gasteiger partial charge in [-0.25, -0.2) is 0 Å². The van der Waals surface area contributed by atoms with E-state index in [4.69, 9.17) is 10.0 Å². The zero-order valence-corrected chi connectivity index (χ0v) is 8.77. The molecule has 0 bridgehead atoms. The minimum absolute atomic E-state index is 0.240. The van der Waals surface area contributed by atoms with Gasteiger partial charge in [0.15, 0.2) is 0 Å². The van der Waals surface area contributed by atoms with Gasteiger partial charge in [-0.1, -0.05) is 18.2 Å². The van der Waals surface area contributed by atoms with E-state index in [1.807, 2.05) is 30.3 Å². The molecule has 5 heteroatoms. The Balaban J connectivity index is 2.71. The number of pyridine rings is 1. The quantitative estimate of drug-likeness (QED) is 0.733. The van der Waals surface area contributed by atoms with Crippen LogP contribution in [0.1, 0.15) is 0 Å². The number of benzene rings is 1. The van der Waals surface area contributed by atoms with Crippen molar-refractivity contribution in [2.75, 3.05) is 0 Å². The molecular formula is C9H7BBrNO2.